The van der Waals surface area contributed by atoms with E-state index in [1.165, 1.54) is 29.8 Å². The molecule has 1 unspecified atom stereocenters. The average Bonchev–Trinajstić information content (AvgIpc) is 3.03. The Morgan fingerprint density at radius 1 is 0.931 bits per heavy atom. The smallest absolute Gasteiger partial charge is 0.256 e. The van der Waals surface area contributed by atoms with Crippen molar-refractivity contribution in [2.45, 2.75) is 38.6 Å². The summed E-state index contributed by atoms with van der Waals surface area (Å²) in [4.78, 5) is 29.0. The Labute approximate surface area is 171 Å². The van der Waals surface area contributed by atoms with Crippen LogP contribution >= 0.6 is 0 Å². The Morgan fingerprint density at radius 2 is 1.59 bits per heavy atom. The van der Waals surface area contributed by atoms with Crippen molar-refractivity contribution in [2.75, 3.05) is 34.8 Å². The van der Waals surface area contributed by atoms with Crippen molar-refractivity contribution in [1.82, 2.24) is 0 Å². The lowest BCUT2D eigenvalue weighted by molar-refractivity contribution is -0.121. The van der Waals surface area contributed by atoms with Crippen molar-refractivity contribution in [3.8, 4) is 5.75 Å². The van der Waals surface area contributed by atoms with Crippen LogP contribution in [0.4, 0.5) is 17.1 Å². The molecule has 0 aliphatic carbocycles. The molecule has 1 N–H and O–H groups in total. The molecule has 2 aromatic rings. The van der Waals surface area contributed by atoms with Crippen LogP contribution in [-0.2, 0) is 9.59 Å². The lowest BCUT2D eigenvalue weighted by Gasteiger charge is -2.29. The number of ether oxygens (including phenoxy) is 1. The Bertz CT molecular complexity index is 858. The zero-order valence-electron chi connectivity index (χ0n) is 16.8. The summed E-state index contributed by atoms with van der Waals surface area (Å²) in [6.45, 7) is 4.68. The highest BCUT2D eigenvalue weighted by molar-refractivity contribution is 6.23. The van der Waals surface area contributed by atoms with E-state index in [9.17, 15) is 9.59 Å². The molecule has 0 spiro atoms. The summed E-state index contributed by atoms with van der Waals surface area (Å²) < 4.78 is 5.43. The number of hydrogen-bond donors (Lipinski definition) is 1. The van der Waals surface area contributed by atoms with Crippen LogP contribution < -0.4 is 19.9 Å². The molecule has 2 heterocycles. The normalized spacial score (nSPS) is 19.6. The van der Waals surface area contributed by atoms with Gasteiger partial charge in [0.15, 0.2) is 0 Å². The maximum absolute atomic E-state index is 12.8. The first-order valence-corrected chi connectivity index (χ1v) is 10.4. The molecule has 2 saturated heterocycles. The number of hydrogen-bond acceptors (Lipinski definition) is 5. The van der Waals surface area contributed by atoms with Crippen LogP contribution in [0.5, 0.6) is 5.75 Å². The van der Waals surface area contributed by atoms with E-state index in [1.807, 2.05) is 19.1 Å². The first kappa shape index (κ1) is 19.3. The van der Waals surface area contributed by atoms with Crippen LogP contribution in [0.15, 0.2) is 48.5 Å². The maximum Gasteiger partial charge on any atom is 0.256 e. The van der Waals surface area contributed by atoms with Crippen LogP contribution in [0.2, 0.25) is 0 Å². The van der Waals surface area contributed by atoms with E-state index in [1.54, 1.807) is 24.3 Å². The van der Waals surface area contributed by atoms with Crippen LogP contribution in [0.1, 0.15) is 32.6 Å². The molecule has 4 rings (SSSR count). The molecule has 2 aromatic carbocycles. The quantitative estimate of drug-likeness (QED) is 0.756. The lowest BCUT2D eigenvalue weighted by Crippen LogP contribution is -2.34. The van der Waals surface area contributed by atoms with Gasteiger partial charge in [0, 0.05) is 24.5 Å². The van der Waals surface area contributed by atoms with E-state index in [2.05, 4.69) is 22.3 Å². The highest BCUT2D eigenvalue weighted by Crippen LogP contribution is 2.28. The van der Waals surface area contributed by atoms with Crippen LogP contribution in [-0.4, -0.2) is 37.6 Å². The topological polar surface area (TPSA) is 61.9 Å². The second kappa shape index (κ2) is 8.55. The molecule has 1 atom stereocenters. The third kappa shape index (κ3) is 4.21. The number of benzene rings is 2. The van der Waals surface area contributed by atoms with Crippen LogP contribution in [0.3, 0.4) is 0 Å². The fourth-order valence-electron chi connectivity index (χ4n) is 4.00. The van der Waals surface area contributed by atoms with Gasteiger partial charge in [-0.25, -0.2) is 4.90 Å². The van der Waals surface area contributed by atoms with Gasteiger partial charge in [-0.15, -0.1) is 0 Å². The molecule has 2 aliphatic rings. The van der Waals surface area contributed by atoms with Gasteiger partial charge in [-0.1, -0.05) is 0 Å². The molecule has 0 bridgehead atoms. The molecule has 0 saturated carbocycles. The predicted octanol–water partition coefficient (Wildman–Crippen LogP) is 3.82. The number of anilines is 3. The number of nitrogens with one attached hydrogen (secondary N) is 1. The van der Waals surface area contributed by atoms with Gasteiger partial charge in [0.2, 0.25) is 5.91 Å². The number of nitrogens with zero attached hydrogens (tertiary/aromatic N) is 2. The van der Waals surface area contributed by atoms with Crippen molar-refractivity contribution < 1.29 is 14.3 Å². The fraction of sp³-hybridized carbons (Fsp3) is 0.391. The molecular weight excluding hydrogens is 366 g/mol. The molecule has 0 aromatic heterocycles. The monoisotopic (exact) mass is 393 g/mol. The number of rotatable bonds is 6. The summed E-state index contributed by atoms with van der Waals surface area (Å²) in [5, 5.41) is 3.23. The second-order valence-electron chi connectivity index (χ2n) is 7.49. The van der Waals surface area contributed by atoms with Gasteiger partial charge >= 0.3 is 0 Å². The standard InChI is InChI=1S/C23H27N3O3/c1-2-29-20-12-10-19(11-13-20)26-22(27)16-21(23(26)28)24-17-6-8-18(9-7-17)25-14-4-3-5-15-25/h6-13,21,24H,2-5,14-16H2,1H3. The molecule has 2 aliphatic heterocycles. The summed E-state index contributed by atoms with van der Waals surface area (Å²) in [7, 11) is 0. The highest BCUT2D eigenvalue weighted by Gasteiger charge is 2.39. The SMILES string of the molecule is CCOc1ccc(N2C(=O)CC(Nc3ccc(N4CCCCC4)cc3)C2=O)cc1. The summed E-state index contributed by atoms with van der Waals surface area (Å²) in [6.07, 6.45) is 3.93. The minimum atomic E-state index is -0.546. The average molecular weight is 393 g/mol. The molecule has 0 radical (unpaired) electrons. The van der Waals surface area contributed by atoms with E-state index < -0.39 is 6.04 Å². The van der Waals surface area contributed by atoms with E-state index in [-0.39, 0.29) is 18.2 Å². The molecule has 29 heavy (non-hydrogen) atoms. The van der Waals surface area contributed by atoms with Crippen molar-refractivity contribution >= 4 is 28.9 Å². The Hall–Kier alpha value is -3.02. The minimum absolute atomic E-state index is 0.153. The van der Waals surface area contributed by atoms with Crippen LogP contribution in [0, 0.1) is 0 Å². The first-order valence-electron chi connectivity index (χ1n) is 10.4. The van der Waals surface area contributed by atoms with Crippen molar-refractivity contribution in [3.05, 3.63) is 48.5 Å². The fourth-order valence-corrected chi connectivity index (χ4v) is 4.00. The third-order valence-electron chi connectivity index (χ3n) is 5.48. The van der Waals surface area contributed by atoms with E-state index in [0.29, 0.717) is 12.3 Å². The van der Waals surface area contributed by atoms with Crippen LogP contribution in [0.25, 0.3) is 0 Å². The van der Waals surface area contributed by atoms with Gasteiger partial charge in [0.05, 0.1) is 18.7 Å². The second-order valence-corrected chi connectivity index (χ2v) is 7.49. The Balaban J connectivity index is 1.42. The number of carbonyl (C=O) groups excluding carboxylic acids is 2. The van der Waals surface area contributed by atoms with E-state index >= 15 is 0 Å². The molecule has 152 valence electrons. The van der Waals surface area contributed by atoms with Crippen molar-refractivity contribution in [3.63, 3.8) is 0 Å². The number of imide groups is 1. The summed E-state index contributed by atoms with van der Waals surface area (Å²) in [5.74, 6) is 0.305. The Morgan fingerprint density at radius 3 is 2.24 bits per heavy atom. The number of piperidine rings is 1. The van der Waals surface area contributed by atoms with Crippen molar-refractivity contribution in [2.24, 2.45) is 0 Å². The number of carbonyl (C=O) groups is 2. The predicted molar refractivity (Wildman–Crippen MR) is 115 cm³/mol. The van der Waals surface area contributed by atoms with E-state index in [0.717, 1.165) is 24.5 Å². The molecule has 6 heteroatoms. The number of amides is 2. The highest BCUT2D eigenvalue weighted by atomic mass is 16.5. The van der Waals surface area contributed by atoms with Gasteiger partial charge in [0.1, 0.15) is 11.8 Å². The maximum atomic E-state index is 12.8. The molecule has 6 nitrogen and oxygen atoms in total. The molecule has 2 amide bonds. The zero-order chi connectivity index (χ0) is 20.2. The summed E-state index contributed by atoms with van der Waals surface area (Å²) in [5.41, 5.74) is 2.64. The van der Waals surface area contributed by atoms with E-state index in [4.69, 9.17) is 4.74 Å². The zero-order valence-corrected chi connectivity index (χ0v) is 16.8. The molecular formula is C23H27N3O3. The minimum Gasteiger partial charge on any atom is -0.494 e. The largest absolute Gasteiger partial charge is 0.494 e. The van der Waals surface area contributed by atoms with Gasteiger partial charge in [-0.3, -0.25) is 9.59 Å². The summed E-state index contributed by atoms with van der Waals surface area (Å²) in [6, 6.07) is 14.6. The van der Waals surface area contributed by atoms with Crippen molar-refractivity contribution in [1.29, 1.82) is 0 Å². The Kier molecular flexibility index (Phi) is 5.69. The third-order valence-corrected chi connectivity index (χ3v) is 5.48. The van der Waals surface area contributed by atoms with Gasteiger partial charge in [0.25, 0.3) is 5.91 Å². The van der Waals surface area contributed by atoms with Gasteiger partial charge in [-0.2, -0.15) is 0 Å². The summed E-state index contributed by atoms with van der Waals surface area (Å²) >= 11 is 0. The first-order chi connectivity index (χ1) is 14.2. The van der Waals surface area contributed by atoms with Gasteiger partial charge in [-0.05, 0) is 74.7 Å². The van der Waals surface area contributed by atoms with Gasteiger partial charge < -0.3 is 15.0 Å². The molecule has 2 fully saturated rings. The lowest BCUT2D eigenvalue weighted by atomic mass is 10.1.